The van der Waals surface area contributed by atoms with Crippen LogP contribution < -0.4 is 5.32 Å². The van der Waals surface area contributed by atoms with Crippen LogP contribution in [0.2, 0.25) is 0 Å². The minimum Gasteiger partial charge on any atom is -0.314 e. The highest BCUT2D eigenvalue weighted by Crippen LogP contribution is 2.28. The average Bonchev–Trinajstić information content (AvgIpc) is 2.69. The smallest absolute Gasteiger partial charge is 0.107 e. The van der Waals surface area contributed by atoms with Gasteiger partial charge in [0.15, 0.2) is 0 Å². The lowest BCUT2D eigenvalue weighted by atomic mass is 9.96. The molecule has 1 aliphatic rings. The van der Waals surface area contributed by atoms with Gasteiger partial charge < -0.3 is 5.32 Å². The fourth-order valence-corrected chi connectivity index (χ4v) is 3.02. The molecular weight excluding hydrogens is 266 g/mol. The van der Waals surface area contributed by atoms with Crippen LogP contribution in [-0.2, 0) is 12.0 Å². The number of aromatic nitrogens is 1. The predicted octanol–water partition coefficient (Wildman–Crippen LogP) is 2.66. The monoisotopic (exact) mass is 289 g/mol. The first-order chi connectivity index (χ1) is 7.97. The maximum Gasteiger partial charge on any atom is 0.107 e. The molecule has 1 fully saturated rings. The molecule has 2 rings (SSSR count). The summed E-state index contributed by atoms with van der Waals surface area (Å²) in [6, 6.07) is 0.616. The van der Waals surface area contributed by atoms with E-state index in [0.29, 0.717) is 6.04 Å². The van der Waals surface area contributed by atoms with Gasteiger partial charge in [0, 0.05) is 36.8 Å². The second-order valence-corrected chi connectivity index (χ2v) is 7.01. The summed E-state index contributed by atoms with van der Waals surface area (Å²) in [5.74, 6) is 0. The number of rotatable bonds is 2. The number of halogens is 1. The zero-order chi connectivity index (χ0) is 12.5. The van der Waals surface area contributed by atoms with Gasteiger partial charge in [0.05, 0.1) is 6.54 Å². The van der Waals surface area contributed by atoms with E-state index in [1.165, 1.54) is 9.88 Å². The number of hydrogen-bond acceptors (Lipinski definition) is 4. The summed E-state index contributed by atoms with van der Waals surface area (Å²) >= 11 is 1.86. The molecule has 1 atom stereocenters. The van der Waals surface area contributed by atoms with E-state index >= 15 is 0 Å². The molecule has 3 nitrogen and oxygen atoms in total. The van der Waals surface area contributed by atoms with Gasteiger partial charge in [-0.05, 0) is 12.3 Å². The van der Waals surface area contributed by atoms with Crippen LogP contribution in [-0.4, -0.2) is 35.6 Å². The van der Waals surface area contributed by atoms with Crippen LogP contribution in [0.15, 0.2) is 6.20 Å². The normalized spacial score (nSPS) is 21.7. The topological polar surface area (TPSA) is 28.2 Å². The maximum absolute atomic E-state index is 4.57. The van der Waals surface area contributed by atoms with Crippen molar-refractivity contribution >= 4 is 23.7 Å². The van der Waals surface area contributed by atoms with Gasteiger partial charge >= 0.3 is 0 Å². The third kappa shape index (κ3) is 3.92. The minimum absolute atomic E-state index is 0. The van der Waals surface area contributed by atoms with Crippen molar-refractivity contribution in [2.45, 2.75) is 45.7 Å². The highest BCUT2D eigenvalue weighted by molar-refractivity contribution is 7.11. The molecule has 0 spiro atoms. The van der Waals surface area contributed by atoms with E-state index < -0.39 is 0 Å². The van der Waals surface area contributed by atoms with Gasteiger partial charge in [0.2, 0.25) is 0 Å². The highest BCUT2D eigenvalue weighted by atomic mass is 35.5. The molecule has 1 aliphatic heterocycles. The van der Waals surface area contributed by atoms with Gasteiger partial charge in [-0.2, -0.15) is 0 Å². The van der Waals surface area contributed by atoms with Crippen LogP contribution in [0.3, 0.4) is 0 Å². The Kier molecular flexibility index (Phi) is 5.59. The van der Waals surface area contributed by atoms with Crippen LogP contribution in [0.25, 0.3) is 0 Å². The second kappa shape index (κ2) is 6.33. The van der Waals surface area contributed by atoms with Gasteiger partial charge in [0.1, 0.15) is 5.01 Å². The molecule has 1 aromatic heterocycles. The average molecular weight is 290 g/mol. The molecule has 18 heavy (non-hydrogen) atoms. The van der Waals surface area contributed by atoms with Crippen LogP contribution in [0.1, 0.15) is 37.6 Å². The van der Waals surface area contributed by atoms with E-state index in [9.17, 15) is 0 Å². The van der Waals surface area contributed by atoms with E-state index in [4.69, 9.17) is 0 Å². The highest BCUT2D eigenvalue weighted by Gasteiger charge is 2.21. The van der Waals surface area contributed by atoms with E-state index in [-0.39, 0.29) is 17.8 Å². The summed E-state index contributed by atoms with van der Waals surface area (Å²) in [4.78, 5) is 8.47. The van der Waals surface area contributed by atoms with E-state index in [2.05, 4.69) is 42.9 Å². The van der Waals surface area contributed by atoms with Gasteiger partial charge in [-0.3, -0.25) is 4.90 Å². The summed E-state index contributed by atoms with van der Waals surface area (Å²) in [6.45, 7) is 13.4. The van der Waals surface area contributed by atoms with Gasteiger partial charge in [-0.25, -0.2) is 4.98 Å². The summed E-state index contributed by atoms with van der Waals surface area (Å²) in [5.41, 5.74) is 0.227. The molecule has 1 saturated heterocycles. The molecule has 104 valence electrons. The van der Waals surface area contributed by atoms with Gasteiger partial charge in [-0.15, -0.1) is 23.7 Å². The zero-order valence-electron chi connectivity index (χ0n) is 11.7. The van der Waals surface area contributed by atoms with Crippen LogP contribution >= 0.6 is 23.7 Å². The van der Waals surface area contributed by atoms with Crippen LogP contribution in [0.4, 0.5) is 0 Å². The van der Waals surface area contributed by atoms with Crippen molar-refractivity contribution in [2.75, 3.05) is 19.6 Å². The molecule has 5 heteroatoms. The summed E-state index contributed by atoms with van der Waals surface area (Å²) in [7, 11) is 0. The molecule has 0 radical (unpaired) electrons. The van der Waals surface area contributed by atoms with Crippen molar-refractivity contribution in [3.63, 3.8) is 0 Å². The first kappa shape index (κ1) is 15.9. The van der Waals surface area contributed by atoms with Crippen molar-refractivity contribution in [3.8, 4) is 0 Å². The van der Waals surface area contributed by atoms with Crippen LogP contribution in [0, 0.1) is 0 Å². The second-order valence-electron chi connectivity index (χ2n) is 5.89. The SMILES string of the molecule is C[C@@H]1CNCCN1Cc1ncc(C(C)(C)C)s1.Cl. The van der Waals surface area contributed by atoms with Crippen molar-refractivity contribution in [2.24, 2.45) is 0 Å². The zero-order valence-corrected chi connectivity index (χ0v) is 13.3. The number of thiazole rings is 1. The van der Waals surface area contributed by atoms with Crippen LogP contribution in [0.5, 0.6) is 0 Å². The van der Waals surface area contributed by atoms with Crippen molar-refractivity contribution in [1.82, 2.24) is 15.2 Å². The molecule has 0 aromatic carbocycles. The molecule has 2 heterocycles. The Labute approximate surface area is 120 Å². The third-order valence-corrected chi connectivity index (χ3v) is 4.68. The summed E-state index contributed by atoms with van der Waals surface area (Å²) in [5, 5.41) is 4.67. The Morgan fingerprint density at radius 1 is 1.50 bits per heavy atom. The van der Waals surface area contributed by atoms with E-state index in [0.717, 1.165) is 26.2 Å². The molecule has 0 aliphatic carbocycles. The molecule has 0 unspecified atom stereocenters. The molecule has 0 bridgehead atoms. The Bertz CT molecular complexity index is 373. The molecular formula is C13H24ClN3S. The lowest BCUT2D eigenvalue weighted by Gasteiger charge is -2.33. The van der Waals surface area contributed by atoms with Crippen molar-refractivity contribution < 1.29 is 0 Å². The minimum atomic E-state index is 0. The van der Waals surface area contributed by atoms with Crippen molar-refractivity contribution in [3.05, 3.63) is 16.1 Å². The summed E-state index contributed by atoms with van der Waals surface area (Å²) < 4.78 is 0. The Balaban J connectivity index is 0.00000162. The number of nitrogens with zero attached hydrogens (tertiary/aromatic N) is 2. The molecule has 1 N–H and O–H groups in total. The third-order valence-electron chi connectivity index (χ3n) is 3.27. The standard InChI is InChI=1S/C13H23N3S.ClH/c1-10-7-14-5-6-16(10)9-12-15-8-11(17-12)13(2,3)4;/h8,10,14H,5-7,9H2,1-4H3;1H/t10-;/m1./s1. The first-order valence-electron chi connectivity index (χ1n) is 6.37. The molecule has 0 amide bonds. The van der Waals surface area contributed by atoms with Gasteiger partial charge in [0.25, 0.3) is 0 Å². The molecule has 0 saturated carbocycles. The number of hydrogen-bond donors (Lipinski definition) is 1. The largest absolute Gasteiger partial charge is 0.314 e. The lowest BCUT2D eigenvalue weighted by Crippen LogP contribution is -2.49. The lowest BCUT2D eigenvalue weighted by molar-refractivity contribution is 0.165. The Morgan fingerprint density at radius 2 is 2.22 bits per heavy atom. The van der Waals surface area contributed by atoms with E-state index in [1.807, 2.05) is 17.5 Å². The number of nitrogens with one attached hydrogen (secondary N) is 1. The Morgan fingerprint density at radius 3 is 2.78 bits per heavy atom. The number of piperazine rings is 1. The Hall–Kier alpha value is -0.160. The predicted molar refractivity (Wildman–Crippen MR) is 80.8 cm³/mol. The fraction of sp³-hybridized carbons (Fsp3) is 0.769. The quantitative estimate of drug-likeness (QED) is 0.907. The summed E-state index contributed by atoms with van der Waals surface area (Å²) in [6.07, 6.45) is 2.05. The van der Waals surface area contributed by atoms with Gasteiger partial charge in [-0.1, -0.05) is 20.8 Å². The maximum atomic E-state index is 4.57. The van der Waals surface area contributed by atoms with Crippen molar-refractivity contribution in [1.29, 1.82) is 0 Å². The first-order valence-corrected chi connectivity index (χ1v) is 7.18. The molecule has 1 aromatic rings. The van der Waals surface area contributed by atoms with E-state index in [1.54, 1.807) is 0 Å². The fourth-order valence-electron chi connectivity index (χ4n) is 2.02.